The third kappa shape index (κ3) is 9.42. The first-order chi connectivity index (χ1) is 25.8. The van der Waals surface area contributed by atoms with Gasteiger partial charge in [0.05, 0.1) is 30.2 Å². The Morgan fingerprint density at radius 2 is 1.85 bits per heavy atom. The SMILES string of the molecule is CCC[C@H](NC(=O)[C@@H]1C[C@]2(CC(c3cccc(Cl)c3)=NO2)CN1C(=O)[C@@H](NC(=O)[C@@H](Cc1cn[nH]n1)C1CCCCC1)C(C)(C)C)C(O)C(=O)NC1CC1. The molecule has 3 fully saturated rings. The minimum atomic E-state index is -1.46. The van der Waals surface area contributed by atoms with Crippen molar-refractivity contribution in [1.82, 2.24) is 36.3 Å². The zero-order chi connectivity index (χ0) is 38.6. The highest BCUT2D eigenvalue weighted by Gasteiger charge is 2.56. The standard InChI is InChI=1S/C39H55ClN8O6/c1-5-10-29(32(49)36(52)42-26-15-16-26)43-35(51)31-20-39(19-30(46-54-39)24-13-9-14-25(40)17-24)22-48(31)37(53)33(38(2,3)4)44-34(50)28(18-27-21-41-47-45-27)23-11-7-6-8-12-23/h9,13-14,17,21,23,26,28-29,31-33,49H,5-8,10-12,15-16,18-20,22H2,1-4H3,(H,42,52)(H,43,51)(H,44,50)(H,41,45,47)/t28-,29-,31-,32?,33+,39+/m0/s1. The molecule has 0 bridgehead atoms. The second-order valence-corrected chi connectivity index (χ2v) is 17.2. The Kier molecular flexibility index (Phi) is 12.3. The average molecular weight is 767 g/mol. The summed E-state index contributed by atoms with van der Waals surface area (Å²) in [4.78, 5) is 64.2. The van der Waals surface area contributed by atoms with Crippen molar-refractivity contribution in [2.24, 2.45) is 22.4 Å². The van der Waals surface area contributed by atoms with Gasteiger partial charge in [-0.3, -0.25) is 19.2 Å². The van der Waals surface area contributed by atoms with Gasteiger partial charge < -0.3 is 30.8 Å². The molecule has 1 unspecified atom stereocenters. The summed E-state index contributed by atoms with van der Waals surface area (Å²) in [5, 5.41) is 35.7. The fraction of sp³-hybridized carbons (Fsp3) is 0.667. The van der Waals surface area contributed by atoms with Crippen LogP contribution in [0.1, 0.15) is 110 Å². The van der Waals surface area contributed by atoms with Crippen LogP contribution < -0.4 is 16.0 Å². The smallest absolute Gasteiger partial charge is 0.251 e. The van der Waals surface area contributed by atoms with E-state index in [1.54, 1.807) is 18.3 Å². The summed E-state index contributed by atoms with van der Waals surface area (Å²) in [6, 6.07) is 4.41. The molecule has 6 rings (SSSR count). The van der Waals surface area contributed by atoms with Crippen LogP contribution in [-0.4, -0.2) is 97.2 Å². The van der Waals surface area contributed by atoms with Crippen LogP contribution in [0.3, 0.4) is 0 Å². The number of oxime groups is 1. The van der Waals surface area contributed by atoms with Crippen molar-refractivity contribution in [1.29, 1.82) is 0 Å². The van der Waals surface area contributed by atoms with E-state index in [1.165, 1.54) is 4.90 Å². The normalized spacial score (nSPS) is 23.9. The molecule has 1 aromatic carbocycles. The number of carbonyl (C=O) groups is 4. The summed E-state index contributed by atoms with van der Waals surface area (Å²) in [5.74, 6) is -1.98. The van der Waals surface area contributed by atoms with Crippen molar-refractivity contribution >= 4 is 40.9 Å². The number of nitrogens with zero attached hydrogens (tertiary/aromatic N) is 4. The van der Waals surface area contributed by atoms with Crippen LogP contribution in [0.2, 0.25) is 5.02 Å². The van der Waals surface area contributed by atoms with Crippen LogP contribution >= 0.6 is 11.6 Å². The molecule has 14 nitrogen and oxygen atoms in total. The molecule has 2 aliphatic carbocycles. The molecule has 4 aliphatic rings. The number of benzene rings is 1. The van der Waals surface area contributed by atoms with Crippen LogP contribution in [-0.2, 0) is 30.4 Å². The van der Waals surface area contributed by atoms with Crippen LogP contribution in [0.15, 0.2) is 35.6 Å². The number of halogens is 1. The molecule has 6 atom stereocenters. The monoisotopic (exact) mass is 766 g/mol. The number of amides is 4. The number of aliphatic hydroxyl groups is 1. The van der Waals surface area contributed by atoms with E-state index >= 15 is 0 Å². The van der Waals surface area contributed by atoms with Gasteiger partial charge in [-0.2, -0.15) is 15.4 Å². The van der Waals surface area contributed by atoms with Gasteiger partial charge in [-0.1, -0.05) is 82.3 Å². The van der Waals surface area contributed by atoms with E-state index in [2.05, 4.69) is 36.5 Å². The highest BCUT2D eigenvalue weighted by molar-refractivity contribution is 6.31. The third-order valence-electron chi connectivity index (χ3n) is 11.3. The molecule has 1 spiro atoms. The topological polar surface area (TPSA) is 191 Å². The van der Waals surface area contributed by atoms with Crippen LogP contribution in [0.25, 0.3) is 0 Å². The van der Waals surface area contributed by atoms with Crippen LogP contribution in [0.5, 0.6) is 0 Å². The van der Waals surface area contributed by atoms with E-state index in [0.29, 0.717) is 42.1 Å². The maximum atomic E-state index is 15.0. The number of aliphatic hydroxyl groups excluding tert-OH is 1. The summed E-state index contributed by atoms with van der Waals surface area (Å²) in [6.07, 6.45) is 8.69. The molecule has 3 heterocycles. The lowest BCUT2D eigenvalue weighted by Gasteiger charge is -2.37. The lowest BCUT2D eigenvalue weighted by Crippen LogP contribution is -2.60. The highest BCUT2D eigenvalue weighted by Crippen LogP contribution is 2.41. The summed E-state index contributed by atoms with van der Waals surface area (Å²) in [7, 11) is 0. The fourth-order valence-electron chi connectivity index (χ4n) is 8.17. The summed E-state index contributed by atoms with van der Waals surface area (Å²) in [6.45, 7) is 7.62. The van der Waals surface area contributed by atoms with Crippen molar-refractivity contribution in [2.45, 2.75) is 141 Å². The first kappa shape index (κ1) is 39.6. The predicted molar refractivity (Wildman–Crippen MR) is 202 cm³/mol. The first-order valence-corrected chi connectivity index (χ1v) is 19.9. The first-order valence-electron chi connectivity index (χ1n) is 19.5. The molecule has 1 aromatic heterocycles. The number of carbonyl (C=O) groups excluding carboxylic acids is 4. The van der Waals surface area contributed by atoms with Gasteiger partial charge in [0.25, 0.3) is 5.91 Å². The molecule has 294 valence electrons. The van der Waals surface area contributed by atoms with E-state index in [0.717, 1.165) is 50.5 Å². The van der Waals surface area contributed by atoms with E-state index in [9.17, 15) is 24.3 Å². The van der Waals surface area contributed by atoms with Crippen LogP contribution in [0, 0.1) is 17.3 Å². The number of likely N-dealkylation sites (tertiary alicyclic amines) is 1. The van der Waals surface area contributed by atoms with Gasteiger partial charge >= 0.3 is 0 Å². The largest absolute Gasteiger partial charge is 0.387 e. The molecule has 54 heavy (non-hydrogen) atoms. The van der Waals surface area contributed by atoms with Crippen LogP contribution in [0.4, 0.5) is 0 Å². The minimum Gasteiger partial charge on any atom is -0.387 e. The summed E-state index contributed by atoms with van der Waals surface area (Å²) >= 11 is 6.29. The van der Waals surface area contributed by atoms with Gasteiger partial charge in [0.15, 0.2) is 11.7 Å². The number of H-pyrrole nitrogens is 1. The molecular weight excluding hydrogens is 712 g/mol. The van der Waals surface area contributed by atoms with E-state index in [4.69, 9.17) is 16.4 Å². The van der Waals surface area contributed by atoms with Gasteiger partial charge in [0.2, 0.25) is 17.7 Å². The number of hydrogen-bond acceptors (Lipinski definition) is 9. The van der Waals surface area contributed by atoms with Gasteiger partial charge in [0, 0.05) is 41.8 Å². The number of aromatic nitrogens is 3. The summed E-state index contributed by atoms with van der Waals surface area (Å²) in [5.41, 5.74) is 0.335. The maximum absolute atomic E-state index is 15.0. The maximum Gasteiger partial charge on any atom is 0.251 e. The second kappa shape index (κ2) is 16.8. The Morgan fingerprint density at radius 1 is 1.09 bits per heavy atom. The van der Waals surface area contributed by atoms with Crippen molar-refractivity contribution in [3.05, 3.63) is 46.7 Å². The zero-order valence-electron chi connectivity index (χ0n) is 31.8. The molecule has 15 heteroatoms. The molecule has 2 saturated carbocycles. The highest BCUT2D eigenvalue weighted by atomic mass is 35.5. The molecule has 5 N–H and O–H groups in total. The lowest BCUT2D eigenvalue weighted by atomic mass is 9.77. The van der Waals surface area contributed by atoms with Gasteiger partial charge in [0.1, 0.15) is 12.1 Å². The fourth-order valence-corrected chi connectivity index (χ4v) is 8.36. The Morgan fingerprint density at radius 3 is 2.50 bits per heavy atom. The molecule has 2 aromatic rings. The average Bonchev–Trinajstić information content (AvgIpc) is 3.49. The third-order valence-corrected chi connectivity index (χ3v) is 11.6. The quantitative estimate of drug-likeness (QED) is 0.192. The second-order valence-electron chi connectivity index (χ2n) is 16.8. The molecule has 4 amide bonds. The predicted octanol–water partition coefficient (Wildman–Crippen LogP) is 3.82. The molecule has 1 saturated heterocycles. The Hall–Kier alpha value is -4.04. The number of aromatic amines is 1. The zero-order valence-corrected chi connectivity index (χ0v) is 32.5. The van der Waals surface area contributed by atoms with Crippen molar-refractivity contribution in [3.8, 4) is 0 Å². The molecular formula is C39H55ClN8O6. The van der Waals surface area contributed by atoms with Crippen molar-refractivity contribution in [2.75, 3.05) is 6.54 Å². The number of rotatable bonds is 14. The molecule has 2 aliphatic heterocycles. The van der Waals surface area contributed by atoms with Crippen molar-refractivity contribution in [3.63, 3.8) is 0 Å². The van der Waals surface area contributed by atoms with Crippen molar-refractivity contribution < 1.29 is 29.1 Å². The Balaban J connectivity index is 1.27. The van der Waals surface area contributed by atoms with E-state index < -0.39 is 58.9 Å². The number of hydrogen-bond donors (Lipinski definition) is 5. The summed E-state index contributed by atoms with van der Waals surface area (Å²) < 4.78 is 0. The van der Waals surface area contributed by atoms with Gasteiger partial charge in [-0.05, 0) is 55.6 Å². The van der Waals surface area contributed by atoms with Gasteiger partial charge in [-0.15, -0.1) is 0 Å². The van der Waals surface area contributed by atoms with E-state index in [-0.39, 0.29) is 30.8 Å². The number of nitrogens with one attached hydrogen (secondary N) is 4. The van der Waals surface area contributed by atoms with Gasteiger partial charge in [-0.25, -0.2) is 0 Å². The van der Waals surface area contributed by atoms with E-state index in [1.807, 2.05) is 39.8 Å². The molecule has 0 radical (unpaired) electrons. The Labute approximate surface area is 321 Å². The lowest BCUT2D eigenvalue weighted by molar-refractivity contribution is -0.145. The minimum absolute atomic E-state index is 0.0358. The Bertz CT molecular complexity index is 1690.